The van der Waals surface area contributed by atoms with Crippen LogP contribution in [0.25, 0.3) is 0 Å². The largest absolute Gasteiger partial charge is 0.497 e. The third-order valence-electron chi connectivity index (χ3n) is 4.69. The Balaban J connectivity index is 1.59. The second kappa shape index (κ2) is 11.5. The van der Waals surface area contributed by atoms with E-state index in [2.05, 4.69) is 15.5 Å². The molecule has 1 amide bonds. The van der Waals surface area contributed by atoms with E-state index in [4.69, 9.17) is 9.47 Å². The second-order valence-electron chi connectivity index (χ2n) is 7.54. The second-order valence-corrected chi connectivity index (χ2v) is 8.48. The monoisotopic (exact) mass is 468 g/mol. The molecule has 3 rings (SSSR count). The molecule has 1 heterocycles. The van der Waals surface area contributed by atoms with Crippen molar-refractivity contribution in [2.45, 2.75) is 45.0 Å². The normalized spacial score (nSPS) is 10.8. The lowest BCUT2D eigenvalue weighted by Crippen LogP contribution is -2.16. The number of nitrogens with one attached hydrogen (secondary N) is 1. The highest BCUT2D eigenvalue weighted by molar-refractivity contribution is 7.99. The standard InChI is InChI=1S/C24H28N4O4S/c1-5-28-21(13-17-9-11-20(31-4)12-10-17)26-27-24(28)33-15-22(29)25-19-8-6-7-18(14-19)23(30)32-16(2)3/h6-12,14,16H,5,13,15H2,1-4H3,(H,25,29). The summed E-state index contributed by atoms with van der Waals surface area (Å²) in [6, 6.07) is 14.5. The summed E-state index contributed by atoms with van der Waals surface area (Å²) < 4.78 is 12.4. The number of nitrogens with zero attached hydrogens (tertiary/aromatic N) is 3. The molecule has 0 aliphatic rings. The smallest absolute Gasteiger partial charge is 0.338 e. The molecule has 0 unspecified atom stereocenters. The molecular formula is C24H28N4O4S. The first-order valence-electron chi connectivity index (χ1n) is 10.7. The summed E-state index contributed by atoms with van der Waals surface area (Å²) in [6.07, 6.45) is 0.425. The number of thioether (sulfide) groups is 1. The maximum Gasteiger partial charge on any atom is 0.338 e. The number of hydrogen-bond acceptors (Lipinski definition) is 7. The molecule has 9 heteroatoms. The van der Waals surface area contributed by atoms with Crippen LogP contribution in [0.2, 0.25) is 0 Å². The van der Waals surface area contributed by atoms with Crippen LogP contribution in [0.3, 0.4) is 0 Å². The zero-order chi connectivity index (χ0) is 23.8. The number of methoxy groups -OCH3 is 1. The molecule has 0 saturated carbocycles. The van der Waals surface area contributed by atoms with E-state index in [9.17, 15) is 9.59 Å². The van der Waals surface area contributed by atoms with Crippen LogP contribution >= 0.6 is 11.8 Å². The Bertz CT molecular complexity index is 1100. The van der Waals surface area contributed by atoms with Crippen molar-refractivity contribution in [3.63, 3.8) is 0 Å². The molecule has 1 N–H and O–H groups in total. The molecule has 33 heavy (non-hydrogen) atoms. The topological polar surface area (TPSA) is 95.3 Å². The number of carbonyl (C=O) groups excluding carboxylic acids is 2. The minimum atomic E-state index is -0.420. The fraction of sp³-hybridized carbons (Fsp3) is 0.333. The molecular weight excluding hydrogens is 440 g/mol. The van der Waals surface area contributed by atoms with Gasteiger partial charge in [0.05, 0.1) is 24.5 Å². The first kappa shape index (κ1) is 24.3. The van der Waals surface area contributed by atoms with Gasteiger partial charge in [-0.05, 0) is 56.7 Å². The molecule has 0 fully saturated rings. The van der Waals surface area contributed by atoms with E-state index in [0.29, 0.717) is 29.4 Å². The Labute approximate surface area is 197 Å². The van der Waals surface area contributed by atoms with Gasteiger partial charge in [-0.15, -0.1) is 10.2 Å². The highest BCUT2D eigenvalue weighted by Gasteiger charge is 2.15. The van der Waals surface area contributed by atoms with Gasteiger partial charge in [-0.1, -0.05) is 30.0 Å². The van der Waals surface area contributed by atoms with E-state index >= 15 is 0 Å². The molecule has 8 nitrogen and oxygen atoms in total. The van der Waals surface area contributed by atoms with Crippen LogP contribution in [0, 0.1) is 0 Å². The minimum absolute atomic E-state index is 0.168. The van der Waals surface area contributed by atoms with Crippen molar-refractivity contribution < 1.29 is 19.1 Å². The zero-order valence-electron chi connectivity index (χ0n) is 19.2. The van der Waals surface area contributed by atoms with Gasteiger partial charge in [0, 0.05) is 18.7 Å². The SMILES string of the molecule is CCn1c(Cc2ccc(OC)cc2)nnc1SCC(=O)Nc1cccc(C(=O)OC(C)C)c1. The van der Waals surface area contributed by atoms with Gasteiger partial charge in [-0.25, -0.2) is 4.79 Å². The van der Waals surface area contributed by atoms with Gasteiger partial charge >= 0.3 is 5.97 Å². The highest BCUT2D eigenvalue weighted by atomic mass is 32.2. The van der Waals surface area contributed by atoms with Crippen LogP contribution in [0.5, 0.6) is 5.75 Å². The fourth-order valence-corrected chi connectivity index (χ4v) is 3.95. The Kier molecular flexibility index (Phi) is 8.48. The lowest BCUT2D eigenvalue weighted by molar-refractivity contribution is -0.113. The molecule has 0 spiro atoms. The summed E-state index contributed by atoms with van der Waals surface area (Å²) in [7, 11) is 1.64. The molecule has 0 saturated heterocycles. The maximum absolute atomic E-state index is 12.5. The Morgan fingerprint density at radius 3 is 2.55 bits per heavy atom. The lowest BCUT2D eigenvalue weighted by atomic mass is 10.1. The van der Waals surface area contributed by atoms with Crippen LogP contribution < -0.4 is 10.1 Å². The van der Waals surface area contributed by atoms with E-state index in [0.717, 1.165) is 17.1 Å². The number of rotatable bonds is 10. The summed E-state index contributed by atoms with van der Waals surface area (Å²) in [5, 5.41) is 12.1. The first-order chi connectivity index (χ1) is 15.9. The average molecular weight is 469 g/mol. The molecule has 0 atom stereocenters. The van der Waals surface area contributed by atoms with Crippen LogP contribution in [0.15, 0.2) is 53.7 Å². The Morgan fingerprint density at radius 1 is 1.12 bits per heavy atom. The van der Waals surface area contributed by atoms with Crippen LogP contribution in [-0.4, -0.2) is 45.6 Å². The van der Waals surface area contributed by atoms with Crippen molar-refractivity contribution >= 4 is 29.3 Å². The van der Waals surface area contributed by atoms with Gasteiger partial charge in [0.2, 0.25) is 5.91 Å². The first-order valence-corrected chi connectivity index (χ1v) is 11.7. The van der Waals surface area contributed by atoms with Crippen molar-refractivity contribution in [3.05, 3.63) is 65.5 Å². The van der Waals surface area contributed by atoms with Crippen molar-refractivity contribution in [1.29, 1.82) is 0 Å². The third-order valence-corrected chi connectivity index (χ3v) is 5.65. The van der Waals surface area contributed by atoms with E-state index in [1.165, 1.54) is 11.8 Å². The van der Waals surface area contributed by atoms with Gasteiger partial charge < -0.3 is 19.4 Å². The number of amides is 1. The summed E-state index contributed by atoms with van der Waals surface area (Å²) in [5.41, 5.74) is 2.03. The molecule has 174 valence electrons. The number of benzene rings is 2. The number of anilines is 1. The van der Waals surface area contributed by atoms with Crippen LogP contribution in [0.4, 0.5) is 5.69 Å². The van der Waals surface area contributed by atoms with Gasteiger partial charge in [-0.2, -0.15) is 0 Å². The van der Waals surface area contributed by atoms with Gasteiger partial charge in [0.15, 0.2) is 5.16 Å². The average Bonchev–Trinajstić information content (AvgIpc) is 3.19. The quantitative estimate of drug-likeness (QED) is 0.352. The fourth-order valence-electron chi connectivity index (χ4n) is 3.13. The molecule has 3 aromatic rings. The van der Waals surface area contributed by atoms with Crippen LogP contribution in [0.1, 0.15) is 42.5 Å². The predicted octanol–water partition coefficient (Wildman–Crippen LogP) is 4.19. The van der Waals surface area contributed by atoms with E-state index in [-0.39, 0.29) is 17.8 Å². The molecule has 0 radical (unpaired) electrons. The number of esters is 1. The van der Waals surface area contributed by atoms with E-state index in [1.807, 2.05) is 35.8 Å². The van der Waals surface area contributed by atoms with Crippen molar-refractivity contribution in [3.8, 4) is 5.75 Å². The Hall–Kier alpha value is -3.33. The molecule has 1 aromatic heterocycles. The van der Waals surface area contributed by atoms with E-state index < -0.39 is 5.97 Å². The molecule has 0 aliphatic heterocycles. The minimum Gasteiger partial charge on any atom is -0.497 e. The predicted molar refractivity (Wildman–Crippen MR) is 128 cm³/mol. The molecule has 2 aromatic carbocycles. The van der Waals surface area contributed by atoms with Crippen molar-refractivity contribution in [1.82, 2.24) is 14.8 Å². The van der Waals surface area contributed by atoms with Crippen molar-refractivity contribution in [2.75, 3.05) is 18.2 Å². The number of carbonyl (C=O) groups is 2. The summed E-state index contributed by atoms with van der Waals surface area (Å²) in [5.74, 6) is 1.19. The lowest BCUT2D eigenvalue weighted by Gasteiger charge is -2.10. The summed E-state index contributed by atoms with van der Waals surface area (Å²) in [4.78, 5) is 24.6. The number of ether oxygens (including phenoxy) is 2. The van der Waals surface area contributed by atoms with Gasteiger partial charge in [0.1, 0.15) is 11.6 Å². The zero-order valence-corrected chi connectivity index (χ0v) is 20.0. The van der Waals surface area contributed by atoms with Gasteiger partial charge in [-0.3, -0.25) is 4.79 Å². The molecule has 0 bridgehead atoms. The molecule has 0 aliphatic carbocycles. The third kappa shape index (κ3) is 6.82. The maximum atomic E-state index is 12.5. The summed E-state index contributed by atoms with van der Waals surface area (Å²) in [6.45, 7) is 6.30. The number of aromatic nitrogens is 3. The van der Waals surface area contributed by atoms with Crippen LogP contribution in [-0.2, 0) is 22.5 Å². The highest BCUT2D eigenvalue weighted by Crippen LogP contribution is 2.21. The van der Waals surface area contributed by atoms with E-state index in [1.54, 1.807) is 45.2 Å². The Morgan fingerprint density at radius 2 is 1.88 bits per heavy atom. The van der Waals surface area contributed by atoms with Gasteiger partial charge in [0.25, 0.3) is 0 Å². The summed E-state index contributed by atoms with van der Waals surface area (Å²) >= 11 is 1.32. The number of hydrogen-bond donors (Lipinski definition) is 1. The van der Waals surface area contributed by atoms with Crippen molar-refractivity contribution in [2.24, 2.45) is 0 Å².